The van der Waals surface area contributed by atoms with E-state index in [1.165, 1.54) is 0 Å². The minimum Gasteiger partial charge on any atom is -0.389 e. The fourth-order valence-corrected chi connectivity index (χ4v) is 2.19. The van der Waals surface area contributed by atoms with Crippen LogP contribution in [0.5, 0.6) is 0 Å². The van der Waals surface area contributed by atoms with Crippen molar-refractivity contribution in [2.45, 2.75) is 22.9 Å². The third-order valence-corrected chi connectivity index (χ3v) is 3.15. The van der Waals surface area contributed by atoms with Crippen LogP contribution in [-0.2, 0) is 0 Å². The molecule has 3 heteroatoms. The van der Waals surface area contributed by atoms with E-state index >= 15 is 0 Å². The number of aromatic nitrogens is 1. The standard InChI is InChI=1S/C13H13NOS/c1-10(15)11-7-8-14-13(9-11)16-12-5-3-2-4-6-12/h2-10,15H,1H3/t10-/m1/s1. The fraction of sp³-hybridized carbons (Fsp3) is 0.154. The number of hydrogen-bond acceptors (Lipinski definition) is 3. The van der Waals surface area contributed by atoms with Gasteiger partial charge in [-0.05, 0) is 36.8 Å². The smallest absolute Gasteiger partial charge is 0.101 e. The van der Waals surface area contributed by atoms with Crippen molar-refractivity contribution in [2.75, 3.05) is 0 Å². The van der Waals surface area contributed by atoms with Gasteiger partial charge in [0.05, 0.1) is 6.10 Å². The van der Waals surface area contributed by atoms with Crippen LogP contribution in [0.4, 0.5) is 0 Å². The van der Waals surface area contributed by atoms with Crippen LogP contribution >= 0.6 is 11.8 Å². The van der Waals surface area contributed by atoms with Gasteiger partial charge in [-0.2, -0.15) is 0 Å². The zero-order chi connectivity index (χ0) is 11.4. The monoisotopic (exact) mass is 231 g/mol. The summed E-state index contributed by atoms with van der Waals surface area (Å²) in [4.78, 5) is 5.42. The van der Waals surface area contributed by atoms with Crippen LogP contribution in [0.25, 0.3) is 0 Å². The maximum atomic E-state index is 9.48. The summed E-state index contributed by atoms with van der Waals surface area (Å²) in [7, 11) is 0. The van der Waals surface area contributed by atoms with Crippen LogP contribution in [-0.4, -0.2) is 10.1 Å². The molecule has 0 amide bonds. The van der Waals surface area contributed by atoms with Crippen molar-refractivity contribution < 1.29 is 5.11 Å². The van der Waals surface area contributed by atoms with E-state index in [0.29, 0.717) is 0 Å². The summed E-state index contributed by atoms with van der Waals surface area (Å²) in [5, 5.41) is 10.4. The van der Waals surface area contributed by atoms with E-state index < -0.39 is 6.10 Å². The molecule has 0 bridgehead atoms. The second kappa shape index (κ2) is 5.14. The molecule has 0 saturated heterocycles. The Bertz CT molecular complexity index is 456. The molecule has 1 aromatic heterocycles. The molecule has 0 aliphatic rings. The highest BCUT2D eigenvalue weighted by Crippen LogP contribution is 2.27. The van der Waals surface area contributed by atoms with E-state index in [1.54, 1.807) is 24.9 Å². The van der Waals surface area contributed by atoms with Crippen molar-refractivity contribution in [2.24, 2.45) is 0 Å². The molecule has 2 aromatic rings. The first-order chi connectivity index (χ1) is 7.75. The molecule has 2 rings (SSSR count). The Morgan fingerprint density at radius 1 is 1.19 bits per heavy atom. The van der Waals surface area contributed by atoms with Crippen LogP contribution < -0.4 is 0 Å². The Kier molecular flexibility index (Phi) is 3.59. The molecule has 1 heterocycles. The van der Waals surface area contributed by atoms with Crippen LogP contribution in [0.15, 0.2) is 58.6 Å². The van der Waals surface area contributed by atoms with Gasteiger partial charge in [0.25, 0.3) is 0 Å². The van der Waals surface area contributed by atoms with Crippen LogP contribution in [0.3, 0.4) is 0 Å². The number of pyridine rings is 1. The first-order valence-corrected chi connectivity index (χ1v) is 5.94. The van der Waals surface area contributed by atoms with Gasteiger partial charge in [0, 0.05) is 11.1 Å². The molecule has 0 fully saturated rings. The summed E-state index contributed by atoms with van der Waals surface area (Å²) in [6.07, 6.45) is 1.28. The highest BCUT2D eigenvalue weighted by molar-refractivity contribution is 7.99. The summed E-state index contributed by atoms with van der Waals surface area (Å²) < 4.78 is 0. The molecule has 16 heavy (non-hydrogen) atoms. The Labute approximate surface area is 99.4 Å². The Morgan fingerprint density at radius 2 is 1.94 bits per heavy atom. The van der Waals surface area contributed by atoms with Gasteiger partial charge in [-0.3, -0.25) is 0 Å². The van der Waals surface area contributed by atoms with Gasteiger partial charge in [-0.1, -0.05) is 30.0 Å². The molecular formula is C13H13NOS. The van der Waals surface area contributed by atoms with Crippen molar-refractivity contribution in [3.63, 3.8) is 0 Å². The van der Waals surface area contributed by atoms with Crippen LogP contribution in [0.2, 0.25) is 0 Å². The molecule has 2 nitrogen and oxygen atoms in total. The molecule has 1 aromatic carbocycles. The summed E-state index contributed by atoms with van der Waals surface area (Å²) in [6.45, 7) is 1.76. The zero-order valence-electron chi connectivity index (χ0n) is 9.00. The van der Waals surface area contributed by atoms with Crippen LogP contribution in [0.1, 0.15) is 18.6 Å². The molecule has 0 spiro atoms. The first kappa shape index (κ1) is 11.2. The van der Waals surface area contributed by atoms with Gasteiger partial charge in [0.1, 0.15) is 5.03 Å². The van der Waals surface area contributed by atoms with Crippen molar-refractivity contribution >= 4 is 11.8 Å². The Balaban J connectivity index is 2.19. The normalized spacial score (nSPS) is 12.4. The molecule has 0 aliphatic heterocycles. The Morgan fingerprint density at radius 3 is 2.62 bits per heavy atom. The van der Waals surface area contributed by atoms with E-state index in [9.17, 15) is 5.11 Å². The summed E-state index contributed by atoms with van der Waals surface area (Å²) in [5.74, 6) is 0. The van der Waals surface area contributed by atoms with Gasteiger partial charge in [-0.15, -0.1) is 0 Å². The predicted molar refractivity (Wildman–Crippen MR) is 65.4 cm³/mol. The maximum Gasteiger partial charge on any atom is 0.101 e. The number of nitrogens with zero attached hydrogens (tertiary/aromatic N) is 1. The molecule has 0 radical (unpaired) electrons. The Hall–Kier alpha value is -1.32. The zero-order valence-corrected chi connectivity index (χ0v) is 9.82. The summed E-state index contributed by atoms with van der Waals surface area (Å²) >= 11 is 1.60. The second-order valence-electron chi connectivity index (χ2n) is 3.52. The van der Waals surface area contributed by atoms with E-state index in [-0.39, 0.29) is 0 Å². The number of benzene rings is 1. The van der Waals surface area contributed by atoms with Gasteiger partial charge < -0.3 is 5.11 Å². The van der Waals surface area contributed by atoms with Gasteiger partial charge >= 0.3 is 0 Å². The van der Waals surface area contributed by atoms with Crippen molar-refractivity contribution in [1.29, 1.82) is 0 Å². The summed E-state index contributed by atoms with van der Waals surface area (Å²) in [5.41, 5.74) is 0.897. The first-order valence-electron chi connectivity index (χ1n) is 5.12. The third kappa shape index (κ3) is 2.84. The molecule has 82 valence electrons. The largest absolute Gasteiger partial charge is 0.389 e. The molecule has 1 N–H and O–H groups in total. The maximum absolute atomic E-state index is 9.48. The molecular weight excluding hydrogens is 218 g/mol. The van der Waals surface area contributed by atoms with Gasteiger partial charge in [0.2, 0.25) is 0 Å². The van der Waals surface area contributed by atoms with Crippen molar-refractivity contribution in [1.82, 2.24) is 4.98 Å². The number of rotatable bonds is 3. The second-order valence-corrected chi connectivity index (χ2v) is 4.61. The highest BCUT2D eigenvalue weighted by Gasteiger charge is 2.03. The van der Waals surface area contributed by atoms with E-state index in [4.69, 9.17) is 0 Å². The average molecular weight is 231 g/mol. The lowest BCUT2D eigenvalue weighted by Gasteiger charge is -2.06. The lowest BCUT2D eigenvalue weighted by molar-refractivity contribution is 0.199. The molecule has 1 atom stereocenters. The summed E-state index contributed by atoms with van der Waals surface area (Å²) in [6, 6.07) is 13.8. The SMILES string of the molecule is C[C@@H](O)c1ccnc(Sc2ccccc2)c1. The van der Waals surface area contributed by atoms with E-state index in [1.807, 2.05) is 42.5 Å². The predicted octanol–water partition coefficient (Wildman–Crippen LogP) is 3.29. The lowest BCUT2D eigenvalue weighted by Crippen LogP contribution is -1.92. The molecule has 0 aliphatic carbocycles. The van der Waals surface area contributed by atoms with Crippen LogP contribution in [0, 0.1) is 0 Å². The topological polar surface area (TPSA) is 33.1 Å². The quantitative estimate of drug-likeness (QED) is 0.880. The minimum absolute atomic E-state index is 0.446. The molecule has 0 saturated carbocycles. The number of hydrogen-bond donors (Lipinski definition) is 1. The van der Waals surface area contributed by atoms with Crippen molar-refractivity contribution in [3.8, 4) is 0 Å². The van der Waals surface area contributed by atoms with E-state index in [0.717, 1.165) is 15.5 Å². The minimum atomic E-state index is -0.446. The average Bonchev–Trinajstić information content (AvgIpc) is 2.30. The van der Waals surface area contributed by atoms with Gasteiger partial charge in [0.15, 0.2) is 0 Å². The van der Waals surface area contributed by atoms with Crippen molar-refractivity contribution in [3.05, 3.63) is 54.2 Å². The third-order valence-electron chi connectivity index (χ3n) is 2.21. The number of aliphatic hydroxyl groups is 1. The number of aliphatic hydroxyl groups excluding tert-OH is 1. The van der Waals surface area contributed by atoms with Gasteiger partial charge in [-0.25, -0.2) is 4.98 Å². The highest BCUT2D eigenvalue weighted by atomic mass is 32.2. The molecule has 0 unspecified atom stereocenters. The fourth-order valence-electron chi connectivity index (χ4n) is 1.35. The lowest BCUT2D eigenvalue weighted by atomic mass is 10.2. The van der Waals surface area contributed by atoms with E-state index in [2.05, 4.69) is 4.98 Å².